The zero-order valence-corrected chi connectivity index (χ0v) is 12.8. The number of imidazole rings is 1. The number of aryl methyl sites for hydroxylation is 1. The van der Waals surface area contributed by atoms with Gasteiger partial charge in [-0.25, -0.2) is 4.98 Å². The largest absolute Gasteiger partial charge is 0.467 e. The molecule has 21 heavy (non-hydrogen) atoms. The number of hydrogen-bond acceptors (Lipinski definition) is 3. The lowest BCUT2D eigenvalue weighted by atomic mass is 9.96. The van der Waals surface area contributed by atoms with E-state index in [0.717, 1.165) is 11.6 Å². The maximum Gasteiger partial charge on any atom is 0.133 e. The van der Waals surface area contributed by atoms with Crippen molar-refractivity contribution in [3.05, 3.63) is 42.4 Å². The molecule has 2 aromatic heterocycles. The minimum absolute atomic E-state index is 0.0458. The van der Waals surface area contributed by atoms with E-state index in [1.807, 2.05) is 31.6 Å². The Balaban J connectivity index is 1.77. The number of rotatable bonds is 4. The summed E-state index contributed by atoms with van der Waals surface area (Å²) in [5.41, 5.74) is 0. The summed E-state index contributed by atoms with van der Waals surface area (Å²) in [4.78, 5) is 4.52. The summed E-state index contributed by atoms with van der Waals surface area (Å²) in [5, 5.41) is 3.79. The van der Waals surface area contributed by atoms with Gasteiger partial charge in [-0.05, 0) is 25.0 Å². The van der Waals surface area contributed by atoms with Crippen LogP contribution >= 0.6 is 0 Å². The van der Waals surface area contributed by atoms with Crippen LogP contribution in [0.1, 0.15) is 62.6 Å². The fraction of sp³-hybridized carbons (Fsp3) is 0.588. The molecule has 2 aromatic rings. The lowest BCUT2D eigenvalue weighted by molar-refractivity contribution is 0.337. The van der Waals surface area contributed by atoms with Gasteiger partial charge in [-0.3, -0.25) is 5.32 Å². The summed E-state index contributed by atoms with van der Waals surface area (Å²) in [7, 11) is 2.04. The second kappa shape index (κ2) is 6.94. The molecule has 0 saturated heterocycles. The summed E-state index contributed by atoms with van der Waals surface area (Å²) >= 11 is 0. The third-order valence-electron chi connectivity index (χ3n) is 4.45. The molecule has 0 radical (unpaired) electrons. The summed E-state index contributed by atoms with van der Waals surface area (Å²) in [6.07, 6.45) is 14.9. The average Bonchev–Trinajstić information content (AvgIpc) is 3.09. The van der Waals surface area contributed by atoms with Gasteiger partial charge in [0.1, 0.15) is 17.6 Å². The predicted octanol–water partition coefficient (Wildman–Crippen LogP) is 3.81. The predicted molar refractivity (Wildman–Crippen MR) is 83.0 cm³/mol. The molecule has 0 spiro atoms. The maximum absolute atomic E-state index is 5.66. The molecule has 0 aliphatic heterocycles. The molecule has 1 unspecified atom stereocenters. The number of hydrogen-bond donors (Lipinski definition) is 1. The topological polar surface area (TPSA) is 43.0 Å². The van der Waals surface area contributed by atoms with Crippen molar-refractivity contribution in [3.8, 4) is 0 Å². The lowest BCUT2D eigenvalue weighted by Gasteiger charge is -2.26. The van der Waals surface area contributed by atoms with Crippen molar-refractivity contribution in [2.75, 3.05) is 0 Å². The first-order chi connectivity index (χ1) is 10.3. The molecule has 4 nitrogen and oxygen atoms in total. The molecular weight excluding hydrogens is 262 g/mol. The third-order valence-corrected chi connectivity index (χ3v) is 4.45. The molecule has 114 valence electrons. The molecule has 0 bridgehead atoms. The average molecular weight is 287 g/mol. The molecular formula is C17H25N3O. The molecule has 0 amide bonds. The van der Waals surface area contributed by atoms with Crippen molar-refractivity contribution in [1.82, 2.24) is 14.9 Å². The van der Waals surface area contributed by atoms with Crippen molar-refractivity contribution < 1.29 is 4.42 Å². The second-order valence-electron chi connectivity index (χ2n) is 6.05. The Morgan fingerprint density at radius 2 is 2.00 bits per heavy atom. The van der Waals surface area contributed by atoms with Crippen LogP contribution in [0, 0.1) is 0 Å². The van der Waals surface area contributed by atoms with E-state index in [2.05, 4.69) is 14.9 Å². The molecule has 1 aliphatic rings. The molecule has 1 fully saturated rings. The molecule has 1 saturated carbocycles. The van der Waals surface area contributed by atoms with E-state index in [9.17, 15) is 0 Å². The van der Waals surface area contributed by atoms with Crippen LogP contribution in [-0.4, -0.2) is 15.6 Å². The van der Waals surface area contributed by atoms with E-state index in [1.165, 1.54) is 44.9 Å². The number of nitrogens with zero attached hydrogens (tertiary/aromatic N) is 2. The van der Waals surface area contributed by atoms with Gasteiger partial charge >= 0.3 is 0 Å². The normalized spacial score (nSPS) is 19.1. The van der Waals surface area contributed by atoms with E-state index in [4.69, 9.17) is 4.42 Å². The fourth-order valence-electron chi connectivity index (χ4n) is 3.25. The Hall–Kier alpha value is -1.55. The van der Waals surface area contributed by atoms with E-state index in [0.29, 0.717) is 6.04 Å². The van der Waals surface area contributed by atoms with E-state index < -0.39 is 0 Å². The number of aromatic nitrogens is 2. The highest BCUT2D eigenvalue weighted by molar-refractivity contribution is 5.16. The van der Waals surface area contributed by atoms with E-state index >= 15 is 0 Å². The molecule has 2 heterocycles. The highest BCUT2D eigenvalue weighted by Crippen LogP contribution is 2.25. The van der Waals surface area contributed by atoms with Gasteiger partial charge in [0.2, 0.25) is 0 Å². The highest BCUT2D eigenvalue weighted by atomic mass is 16.3. The Kier molecular flexibility index (Phi) is 4.76. The number of nitrogens with one attached hydrogen (secondary N) is 1. The molecule has 1 N–H and O–H groups in total. The second-order valence-corrected chi connectivity index (χ2v) is 6.05. The van der Waals surface area contributed by atoms with Crippen LogP contribution in [0.3, 0.4) is 0 Å². The van der Waals surface area contributed by atoms with Gasteiger partial charge < -0.3 is 8.98 Å². The quantitative estimate of drug-likeness (QED) is 0.930. The minimum Gasteiger partial charge on any atom is -0.467 e. The first-order valence-electron chi connectivity index (χ1n) is 8.11. The molecule has 3 rings (SSSR count). The smallest absolute Gasteiger partial charge is 0.133 e. The summed E-state index contributed by atoms with van der Waals surface area (Å²) in [6.45, 7) is 0. The first kappa shape index (κ1) is 14.4. The summed E-state index contributed by atoms with van der Waals surface area (Å²) in [5.74, 6) is 1.97. The van der Waals surface area contributed by atoms with Gasteiger partial charge in [0.25, 0.3) is 0 Å². The van der Waals surface area contributed by atoms with Gasteiger partial charge in [-0.15, -0.1) is 0 Å². The Labute approximate surface area is 126 Å². The van der Waals surface area contributed by atoms with Crippen LogP contribution in [0.4, 0.5) is 0 Å². The van der Waals surface area contributed by atoms with E-state index in [-0.39, 0.29) is 6.04 Å². The van der Waals surface area contributed by atoms with Gasteiger partial charge in [-0.2, -0.15) is 0 Å². The van der Waals surface area contributed by atoms with Crippen molar-refractivity contribution in [2.45, 2.75) is 57.0 Å². The molecule has 1 aliphatic carbocycles. The zero-order valence-electron chi connectivity index (χ0n) is 12.8. The van der Waals surface area contributed by atoms with Crippen molar-refractivity contribution in [1.29, 1.82) is 0 Å². The Morgan fingerprint density at radius 3 is 2.62 bits per heavy atom. The van der Waals surface area contributed by atoms with Crippen molar-refractivity contribution in [2.24, 2.45) is 7.05 Å². The number of furan rings is 1. The van der Waals surface area contributed by atoms with Crippen LogP contribution in [0.15, 0.2) is 35.2 Å². The van der Waals surface area contributed by atoms with Crippen molar-refractivity contribution >= 4 is 0 Å². The standard InChI is InChI=1S/C17H25N3O/c1-20-12-11-18-17(20)16(15-10-7-13-21-15)19-14-8-5-3-2-4-6-9-14/h7,10-14,16,19H,2-6,8-9H2,1H3. The monoisotopic (exact) mass is 287 g/mol. The van der Waals surface area contributed by atoms with Gasteiger partial charge in [0, 0.05) is 25.5 Å². The highest BCUT2D eigenvalue weighted by Gasteiger charge is 2.24. The first-order valence-corrected chi connectivity index (χ1v) is 8.11. The van der Waals surface area contributed by atoms with E-state index in [1.54, 1.807) is 6.26 Å². The summed E-state index contributed by atoms with van der Waals surface area (Å²) < 4.78 is 7.73. The third kappa shape index (κ3) is 3.56. The van der Waals surface area contributed by atoms with Crippen molar-refractivity contribution in [3.63, 3.8) is 0 Å². The minimum atomic E-state index is 0.0458. The molecule has 1 atom stereocenters. The zero-order chi connectivity index (χ0) is 14.5. The molecule has 4 heteroatoms. The summed E-state index contributed by atoms with van der Waals surface area (Å²) in [6, 6.07) is 4.59. The van der Waals surface area contributed by atoms with Crippen LogP contribution in [0.5, 0.6) is 0 Å². The van der Waals surface area contributed by atoms with Crippen LogP contribution in [0.2, 0.25) is 0 Å². The Bertz CT molecular complexity index is 524. The molecule has 0 aromatic carbocycles. The fourth-order valence-corrected chi connectivity index (χ4v) is 3.25. The van der Waals surface area contributed by atoms with Crippen LogP contribution in [0.25, 0.3) is 0 Å². The van der Waals surface area contributed by atoms with Crippen LogP contribution < -0.4 is 5.32 Å². The Morgan fingerprint density at radius 1 is 1.24 bits per heavy atom. The van der Waals surface area contributed by atoms with Gasteiger partial charge in [0.05, 0.1) is 6.26 Å². The van der Waals surface area contributed by atoms with Gasteiger partial charge in [-0.1, -0.05) is 32.1 Å². The SMILES string of the molecule is Cn1ccnc1C(NC1CCCCCCC1)c1ccco1. The lowest BCUT2D eigenvalue weighted by Crippen LogP contribution is -2.35. The van der Waals surface area contributed by atoms with Crippen LogP contribution in [-0.2, 0) is 7.05 Å². The maximum atomic E-state index is 5.66. The van der Waals surface area contributed by atoms with Gasteiger partial charge in [0.15, 0.2) is 0 Å².